The van der Waals surface area contributed by atoms with E-state index in [-0.39, 0.29) is 12.1 Å². The molecule has 0 aromatic heterocycles. The van der Waals surface area contributed by atoms with Crippen LogP contribution in [0.3, 0.4) is 0 Å². The lowest BCUT2D eigenvalue weighted by Gasteiger charge is -2.27. The Labute approximate surface area is 113 Å². The van der Waals surface area contributed by atoms with Crippen LogP contribution in [0.5, 0.6) is 0 Å². The summed E-state index contributed by atoms with van der Waals surface area (Å²) in [5.41, 5.74) is -2.30. The first-order valence-electron chi connectivity index (χ1n) is 5.23. The average molecular weight is 319 g/mol. The molecule has 0 saturated carbocycles. The summed E-state index contributed by atoms with van der Waals surface area (Å²) in [6, 6.07) is 0.681. The summed E-state index contributed by atoms with van der Waals surface area (Å²) >= 11 is 0. The van der Waals surface area contributed by atoms with E-state index in [9.17, 15) is 40.6 Å². The van der Waals surface area contributed by atoms with Crippen LogP contribution >= 0.6 is 0 Å². The second-order valence-corrected chi connectivity index (χ2v) is 4.20. The molecule has 0 aliphatic heterocycles. The molecule has 3 nitrogen and oxygen atoms in total. The second-order valence-electron chi connectivity index (χ2n) is 4.20. The number of carbonyl (C=O) groups excluding carboxylic acids is 1. The summed E-state index contributed by atoms with van der Waals surface area (Å²) in [6.45, 7) is 0. The van der Waals surface area contributed by atoms with Crippen molar-refractivity contribution in [2.75, 3.05) is 0 Å². The van der Waals surface area contributed by atoms with Crippen LogP contribution in [-0.4, -0.2) is 22.8 Å². The fourth-order valence-electron chi connectivity index (χ4n) is 1.49. The lowest BCUT2D eigenvalue weighted by Crippen LogP contribution is -2.57. The van der Waals surface area contributed by atoms with Crippen molar-refractivity contribution in [2.24, 2.45) is 5.73 Å². The van der Waals surface area contributed by atoms with E-state index in [0.29, 0.717) is 6.07 Å². The molecule has 0 saturated heterocycles. The molecule has 1 unspecified atom stereocenters. The molecule has 118 valence electrons. The van der Waals surface area contributed by atoms with E-state index in [1.807, 2.05) is 0 Å². The number of hydrogen-bond donors (Lipinski definition) is 2. The molecule has 0 aliphatic rings. The first-order valence-corrected chi connectivity index (χ1v) is 5.23. The Kier molecular flexibility index (Phi) is 4.24. The highest BCUT2D eigenvalue weighted by Gasteiger charge is 2.58. The maximum Gasteiger partial charge on any atom is 0.426 e. The van der Waals surface area contributed by atoms with Crippen molar-refractivity contribution in [2.45, 2.75) is 24.4 Å². The molecule has 1 rings (SSSR count). The van der Waals surface area contributed by atoms with Crippen molar-refractivity contribution in [1.29, 1.82) is 0 Å². The van der Waals surface area contributed by atoms with Crippen LogP contribution < -0.4 is 5.73 Å². The first-order chi connectivity index (χ1) is 9.29. The van der Waals surface area contributed by atoms with Gasteiger partial charge in [-0.1, -0.05) is 0 Å². The van der Waals surface area contributed by atoms with Crippen LogP contribution in [0.2, 0.25) is 0 Å². The Hall–Kier alpha value is -1.84. The number of rotatable bonds is 3. The highest BCUT2D eigenvalue weighted by molar-refractivity contribution is 5.84. The van der Waals surface area contributed by atoms with Gasteiger partial charge in [0.05, 0.1) is 5.56 Å². The first kappa shape index (κ1) is 17.2. The molecular formula is C11H8F7NO2. The number of alkyl halides is 6. The van der Waals surface area contributed by atoms with Gasteiger partial charge in [-0.25, -0.2) is 4.39 Å². The minimum atomic E-state index is -5.57. The van der Waals surface area contributed by atoms with Crippen LogP contribution in [0, 0.1) is 5.82 Å². The van der Waals surface area contributed by atoms with E-state index in [1.54, 1.807) is 0 Å². The minimum absolute atomic E-state index is 0.0784. The summed E-state index contributed by atoms with van der Waals surface area (Å²) in [5.74, 6) is -3.68. The monoisotopic (exact) mass is 319 g/mol. The quantitative estimate of drug-likeness (QED) is 0.839. The number of primary amides is 1. The van der Waals surface area contributed by atoms with E-state index in [4.69, 9.17) is 0 Å². The summed E-state index contributed by atoms with van der Waals surface area (Å²) in [5, 5.41) is 9.25. The van der Waals surface area contributed by atoms with Crippen LogP contribution in [0.4, 0.5) is 30.7 Å². The SMILES string of the molecule is NC(=O)C(O)(Cc1cc(C(F)(F)F)ccc1F)C(F)(F)F. The molecule has 1 amide bonds. The number of hydrogen-bond acceptors (Lipinski definition) is 2. The fraction of sp³-hybridized carbons (Fsp3) is 0.364. The van der Waals surface area contributed by atoms with Gasteiger partial charge in [0.25, 0.3) is 5.91 Å². The molecule has 0 radical (unpaired) electrons. The van der Waals surface area contributed by atoms with Crippen molar-refractivity contribution in [3.8, 4) is 0 Å². The highest BCUT2D eigenvalue weighted by atomic mass is 19.4. The Balaban J connectivity index is 3.32. The summed E-state index contributed by atoms with van der Waals surface area (Å²) in [7, 11) is 0. The van der Waals surface area contributed by atoms with E-state index >= 15 is 0 Å². The number of benzene rings is 1. The third-order valence-electron chi connectivity index (χ3n) is 2.70. The minimum Gasteiger partial charge on any atom is -0.372 e. The third kappa shape index (κ3) is 3.43. The molecule has 0 aliphatic carbocycles. The van der Waals surface area contributed by atoms with Crippen molar-refractivity contribution in [3.63, 3.8) is 0 Å². The molecule has 10 heteroatoms. The summed E-state index contributed by atoms with van der Waals surface area (Å²) in [4.78, 5) is 10.8. The number of carbonyl (C=O) groups is 1. The number of amides is 1. The van der Waals surface area contributed by atoms with Crippen LogP contribution in [0.25, 0.3) is 0 Å². The average Bonchev–Trinajstić information content (AvgIpc) is 2.28. The molecular weight excluding hydrogens is 311 g/mol. The van der Waals surface area contributed by atoms with Gasteiger partial charge in [-0.15, -0.1) is 0 Å². The van der Waals surface area contributed by atoms with Gasteiger partial charge in [-0.2, -0.15) is 26.3 Å². The van der Waals surface area contributed by atoms with Gasteiger partial charge < -0.3 is 10.8 Å². The fourth-order valence-corrected chi connectivity index (χ4v) is 1.49. The smallest absolute Gasteiger partial charge is 0.372 e. The van der Waals surface area contributed by atoms with E-state index in [1.165, 1.54) is 0 Å². The van der Waals surface area contributed by atoms with Gasteiger partial charge in [0, 0.05) is 6.42 Å². The van der Waals surface area contributed by atoms with Crippen LogP contribution in [0.1, 0.15) is 11.1 Å². The Morgan fingerprint density at radius 2 is 1.67 bits per heavy atom. The standard InChI is InChI=1S/C11H8F7NO2/c12-7-2-1-6(10(13,14)15)3-5(7)4-9(21,8(19)20)11(16,17)18/h1-3,21H,4H2,(H2,19,20). The maximum absolute atomic E-state index is 13.3. The summed E-state index contributed by atoms with van der Waals surface area (Å²) < 4.78 is 88.5. The van der Waals surface area contributed by atoms with Crippen molar-refractivity contribution in [1.82, 2.24) is 0 Å². The van der Waals surface area contributed by atoms with Crippen molar-refractivity contribution in [3.05, 3.63) is 35.1 Å². The predicted molar refractivity (Wildman–Crippen MR) is 55.3 cm³/mol. The maximum atomic E-state index is 13.3. The van der Waals surface area contributed by atoms with Crippen LogP contribution in [-0.2, 0) is 17.4 Å². The molecule has 0 heterocycles. The molecule has 3 N–H and O–H groups in total. The molecule has 0 spiro atoms. The van der Waals surface area contributed by atoms with E-state index in [2.05, 4.69) is 5.73 Å². The van der Waals surface area contributed by atoms with Gasteiger partial charge >= 0.3 is 12.4 Å². The summed E-state index contributed by atoms with van der Waals surface area (Å²) in [6.07, 6.45) is -12.3. The van der Waals surface area contributed by atoms with E-state index in [0.717, 1.165) is 0 Å². The Morgan fingerprint density at radius 1 is 1.14 bits per heavy atom. The zero-order valence-electron chi connectivity index (χ0n) is 10.0. The van der Waals surface area contributed by atoms with Gasteiger partial charge in [-0.05, 0) is 23.8 Å². The van der Waals surface area contributed by atoms with E-state index < -0.39 is 47.2 Å². The van der Waals surface area contributed by atoms with Crippen molar-refractivity contribution >= 4 is 5.91 Å². The topological polar surface area (TPSA) is 63.3 Å². The molecule has 0 bridgehead atoms. The molecule has 21 heavy (non-hydrogen) atoms. The highest BCUT2D eigenvalue weighted by Crippen LogP contribution is 2.36. The lowest BCUT2D eigenvalue weighted by molar-refractivity contribution is -0.249. The molecule has 1 aromatic carbocycles. The normalized spacial score (nSPS) is 15.6. The van der Waals surface area contributed by atoms with Crippen LogP contribution in [0.15, 0.2) is 18.2 Å². The lowest BCUT2D eigenvalue weighted by atomic mass is 9.92. The Bertz CT molecular complexity index is 552. The molecule has 1 aromatic rings. The molecule has 1 atom stereocenters. The van der Waals surface area contributed by atoms with Gasteiger partial charge in [-0.3, -0.25) is 4.79 Å². The van der Waals surface area contributed by atoms with Gasteiger partial charge in [0.1, 0.15) is 5.82 Å². The zero-order chi connectivity index (χ0) is 16.6. The van der Waals surface area contributed by atoms with Gasteiger partial charge in [0.15, 0.2) is 0 Å². The second kappa shape index (κ2) is 5.17. The van der Waals surface area contributed by atoms with Gasteiger partial charge in [0.2, 0.25) is 5.60 Å². The number of halogens is 7. The van der Waals surface area contributed by atoms with Crippen molar-refractivity contribution < 1.29 is 40.6 Å². The number of aliphatic hydroxyl groups is 1. The third-order valence-corrected chi connectivity index (χ3v) is 2.70. The predicted octanol–water partition coefficient (Wildman–Crippen LogP) is 2.17. The largest absolute Gasteiger partial charge is 0.426 e. The Morgan fingerprint density at radius 3 is 2.05 bits per heavy atom. The zero-order valence-corrected chi connectivity index (χ0v) is 10.0. The number of nitrogens with two attached hydrogens (primary N) is 1. The molecule has 0 fully saturated rings.